The Morgan fingerprint density at radius 3 is 2.37 bits per heavy atom. The Morgan fingerprint density at radius 1 is 0.914 bits per heavy atom. The molecule has 4 rings (SSSR count). The highest BCUT2D eigenvalue weighted by Crippen LogP contribution is 2.19. The first-order valence-corrected chi connectivity index (χ1v) is 12.8. The molecule has 2 amide bonds. The molecular weight excluding hydrogens is 440 g/mol. The van der Waals surface area contributed by atoms with Gasteiger partial charge in [-0.2, -0.15) is 0 Å². The molecule has 1 N–H and O–H groups in total. The molecule has 2 fully saturated rings. The fourth-order valence-electron chi connectivity index (χ4n) is 4.76. The number of carbonyl (C=O) groups excluding carboxylic acids is 2. The topological polar surface area (TPSA) is 65.1 Å². The number of amides is 2. The molecule has 188 valence electrons. The van der Waals surface area contributed by atoms with Gasteiger partial charge in [-0.1, -0.05) is 42.5 Å². The number of ether oxygens (including phenoxy) is 1. The van der Waals surface area contributed by atoms with Crippen LogP contribution >= 0.6 is 0 Å². The van der Waals surface area contributed by atoms with E-state index in [4.69, 9.17) is 4.74 Å². The number of rotatable bonds is 9. The molecule has 0 aromatic heterocycles. The zero-order valence-corrected chi connectivity index (χ0v) is 20.8. The molecule has 2 aliphatic rings. The molecule has 0 aliphatic carbocycles. The Morgan fingerprint density at radius 2 is 1.63 bits per heavy atom. The zero-order chi connectivity index (χ0) is 24.5. The van der Waals surface area contributed by atoms with Gasteiger partial charge in [0.15, 0.2) is 0 Å². The second-order valence-electron chi connectivity index (χ2n) is 9.68. The molecule has 2 aromatic rings. The first-order chi connectivity index (χ1) is 17.1. The Kier molecular flexibility index (Phi) is 9.15. The van der Waals surface area contributed by atoms with Crippen molar-refractivity contribution in [2.45, 2.75) is 32.4 Å². The van der Waals surface area contributed by atoms with Crippen LogP contribution in [-0.4, -0.2) is 79.4 Å². The van der Waals surface area contributed by atoms with Gasteiger partial charge >= 0.3 is 0 Å². The molecular formula is C28H38N4O3. The Hall–Kier alpha value is -2.90. The van der Waals surface area contributed by atoms with Crippen molar-refractivity contribution >= 4 is 11.8 Å². The van der Waals surface area contributed by atoms with E-state index in [1.807, 2.05) is 35.2 Å². The highest BCUT2D eigenvalue weighted by atomic mass is 16.5. The summed E-state index contributed by atoms with van der Waals surface area (Å²) in [6.07, 6.45) is 1.78. The SMILES string of the molecule is CN1CCN(Cc2cccc(CNC(=O)C3CCN(C(=O)CCOc4ccccc4)CC3)c2)CC1. The van der Waals surface area contributed by atoms with Gasteiger partial charge in [-0.15, -0.1) is 0 Å². The van der Waals surface area contributed by atoms with Gasteiger partial charge in [0.2, 0.25) is 11.8 Å². The predicted octanol–water partition coefficient (Wildman–Crippen LogP) is 2.76. The largest absolute Gasteiger partial charge is 0.493 e. The summed E-state index contributed by atoms with van der Waals surface area (Å²) in [5.74, 6) is 0.930. The molecule has 0 bridgehead atoms. The van der Waals surface area contributed by atoms with E-state index in [9.17, 15) is 9.59 Å². The molecule has 7 nitrogen and oxygen atoms in total. The molecule has 35 heavy (non-hydrogen) atoms. The van der Waals surface area contributed by atoms with Crippen LogP contribution in [-0.2, 0) is 22.7 Å². The van der Waals surface area contributed by atoms with Crippen molar-refractivity contribution in [1.82, 2.24) is 20.0 Å². The van der Waals surface area contributed by atoms with Crippen LogP contribution in [0.1, 0.15) is 30.4 Å². The van der Waals surface area contributed by atoms with Crippen LogP contribution in [0.15, 0.2) is 54.6 Å². The van der Waals surface area contributed by atoms with E-state index in [1.165, 1.54) is 5.56 Å². The summed E-state index contributed by atoms with van der Waals surface area (Å²) >= 11 is 0. The van der Waals surface area contributed by atoms with Crippen LogP contribution in [0.2, 0.25) is 0 Å². The average molecular weight is 479 g/mol. The second-order valence-corrected chi connectivity index (χ2v) is 9.68. The lowest BCUT2D eigenvalue weighted by Crippen LogP contribution is -2.43. The normalized spacial score (nSPS) is 17.8. The summed E-state index contributed by atoms with van der Waals surface area (Å²) in [6.45, 7) is 7.55. The minimum absolute atomic E-state index is 0.0341. The second kappa shape index (κ2) is 12.7. The van der Waals surface area contributed by atoms with Gasteiger partial charge in [-0.3, -0.25) is 14.5 Å². The molecule has 0 radical (unpaired) electrons. The molecule has 0 atom stereocenters. The van der Waals surface area contributed by atoms with Gasteiger partial charge < -0.3 is 19.9 Å². The van der Waals surface area contributed by atoms with E-state index in [0.29, 0.717) is 45.5 Å². The number of para-hydroxylation sites is 1. The average Bonchev–Trinajstić information content (AvgIpc) is 2.89. The third kappa shape index (κ3) is 7.80. The molecule has 0 unspecified atom stereocenters. The lowest BCUT2D eigenvalue weighted by molar-refractivity contribution is -0.136. The van der Waals surface area contributed by atoms with Crippen molar-refractivity contribution < 1.29 is 14.3 Å². The summed E-state index contributed by atoms with van der Waals surface area (Å²) < 4.78 is 5.64. The van der Waals surface area contributed by atoms with Crippen molar-refractivity contribution in [1.29, 1.82) is 0 Å². The Labute approximate surface area is 209 Å². The van der Waals surface area contributed by atoms with E-state index in [2.05, 4.69) is 46.4 Å². The predicted molar refractivity (Wildman–Crippen MR) is 137 cm³/mol. The molecule has 2 saturated heterocycles. The Bertz CT molecular complexity index is 952. The van der Waals surface area contributed by atoms with Gasteiger partial charge in [0.05, 0.1) is 13.0 Å². The van der Waals surface area contributed by atoms with E-state index in [1.54, 1.807) is 0 Å². The Balaban J connectivity index is 1.15. The number of piperazine rings is 1. The van der Waals surface area contributed by atoms with Gasteiger partial charge in [0.1, 0.15) is 5.75 Å². The van der Waals surface area contributed by atoms with Gasteiger partial charge in [0, 0.05) is 58.3 Å². The molecule has 2 aromatic carbocycles. The molecule has 2 aliphatic heterocycles. The highest BCUT2D eigenvalue weighted by molar-refractivity contribution is 5.80. The number of hydrogen-bond donors (Lipinski definition) is 1. The number of nitrogens with zero attached hydrogens (tertiary/aromatic N) is 3. The third-order valence-corrected chi connectivity index (χ3v) is 7.01. The van der Waals surface area contributed by atoms with Gasteiger partial charge in [0.25, 0.3) is 0 Å². The molecule has 2 heterocycles. The van der Waals surface area contributed by atoms with Gasteiger partial charge in [-0.05, 0) is 43.1 Å². The molecule has 7 heteroatoms. The number of nitrogens with one attached hydrogen (secondary N) is 1. The summed E-state index contributed by atoms with van der Waals surface area (Å²) in [4.78, 5) is 32.0. The van der Waals surface area contributed by atoms with E-state index >= 15 is 0 Å². The summed E-state index contributed by atoms with van der Waals surface area (Å²) in [5, 5.41) is 3.12. The minimum Gasteiger partial charge on any atom is -0.493 e. The minimum atomic E-state index is -0.0341. The number of piperidine rings is 1. The quantitative estimate of drug-likeness (QED) is 0.601. The third-order valence-electron chi connectivity index (χ3n) is 7.01. The van der Waals surface area contributed by atoms with Crippen molar-refractivity contribution in [2.75, 3.05) is 52.9 Å². The van der Waals surface area contributed by atoms with Crippen molar-refractivity contribution in [3.8, 4) is 5.75 Å². The summed E-state index contributed by atoms with van der Waals surface area (Å²) in [5.41, 5.74) is 2.43. The van der Waals surface area contributed by atoms with E-state index in [0.717, 1.165) is 44.0 Å². The lowest BCUT2D eigenvalue weighted by Gasteiger charge is -2.32. The summed E-state index contributed by atoms with van der Waals surface area (Å²) in [6, 6.07) is 18.1. The molecule has 0 spiro atoms. The standard InChI is InChI=1S/C28H38N4O3/c1-30-15-17-31(18-16-30)22-24-7-5-6-23(20-24)21-29-28(34)25-10-13-32(14-11-25)27(33)12-19-35-26-8-3-2-4-9-26/h2-9,20,25H,10-19,21-22H2,1H3,(H,29,34). The fraction of sp³-hybridized carbons (Fsp3) is 0.500. The monoisotopic (exact) mass is 478 g/mol. The first-order valence-electron chi connectivity index (χ1n) is 12.8. The number of benzene rings is 2. The van der Waals surface area contributed by atoms with Gasteiger partial charge in [-0.25, -0.2) is 0 Å². The maximum absolute atomic E-state index is 12.8. The maximum Gasteiger partial charge on any atom is 0.225 e. The van der Waals surface area contributed by atoms with Crippen LogP contribution in [0.4, 0.5) is 0 Å². The summed E-state index contributed by atoms with van der Waals surface area (Å²) in [7, 11) is 2.17. The van der Waals surface area contributed by atoms with Crippen LogP contribution < -0.4 is 10.1 Å². The van der Waals surface area contributed by atoms with Crippen LogP contribution in [0, 0.1) is 5.92 Å². The number of hydrogen-bond acceptors (Lipinski definition) is 5. The highest BCUT2D eigenvalue weighted by Gasteiger charge is 2.27. The lowest BCUT2D eigenvalue weighted by atomic mass is 9.95. The van der Waals surface area contributed by atoms with E-state index < -0.39 is 0 Å². The van der Waals surface area contributed by atoms with Crippen molar-refractivity contribution in [3.63, 3.8) is 0 Å². The van der Waals surface area contributed by atoms with Crippen molar-refractivity contribution in [3.05, 3.63) is 65.7 Å². The van der Waals surface area contributed by atoms with E-state index in [-0.39, 0.29) is 17.7 Å². The maximum atomic E-state index is 12.8. The number of carbonyl (C=O) groups is 2. The first kappa shape index (κ1) is 25.2. The fourth-order valence-corrected chi connectivity index (χ4v) is 4.76. The zero-order valence-electron chi connectivity index (χ0n) is 20.8. The van der Waals surface area contributed by atoms with Crippen LogP contribution in [0.3, 0.4) is 0 Å². The van der Waals surface area contributed by atoms with Crippen molar-refractivity contribution in [2.24, 2.45) is 5.92 Å². The number of likely N-dealkylation sites (N-methyl/N-ethyl adjacent to an activating group) is 1. The molecule has 0 saturated carbocycles. The van der Waals surface area contributed by atoms with Crippen LogP contribution in [0.25, 0.3) is 0 Å². The number of likely N-dealkylation sites (tertiary alicyclic amines) is 1. The smallest absolute Gasteiger partial charge is 0.225 e. The van der Waals surface area contributed by atoms with Crippen LogP contribution in [0.5, 0.6) is 5.75 Å².